The summed E-state index contributed by atoms with van der Waals surface area (Å²) in [6, 6.07) is 10.5. The van der Waals surface area contributed by atoms with Gasteiger partial charge in [0, 0.05) is 36.9 Å². The SMILES string of the molecule is COc1cccc([C@@H](C)NCc2c(NC(=O)N3CCOCC3)cccc2C(F)(F)F)c1. The highest BCUT2D eigenvalue weighted by Crippen LogP contribution is 2.35. The first kappa shape index (κ1) is 22.9. The number of carbonyl (C=O) groups is 1. The van der Waals surface area contributed by atoms with Crippen molar-refractivity contribution in [1.82, 2.24) is 10.2 Å². The Morgan fingerprint density at radius 1 is 1.19 bits per heavy atom. The molecule has 0 unspecified atom stereocenters. The van der Waals surface area contributed by atoms with Gasteiger partial charge in [-0.05, 0) is 36.8 Å². The molecule has 2 N–H and O–H groups in total. The van der Waals surface area contributed by atoms with E-state index in [1.807, 2.05) is 25.1 Å². The van der Waals surface area contributed by atoms with E-state index in [1.165, 1.54) is 17.0 Å². The summed E-state index contributed by atoms with van der Waals surface area (Å²) in [6.07, 6.45) is -4.55. The molecule has 2 aromatic carbocycles. The molecule has 0 bridgehead atoms. The van der Waals surface area contributed by atoms with Crippen molar-refractivity contribution in [3.8, 4) is 5.75 Å². The van der Waals surface area contributed by atoms with E-state index in [-0.39, 0.29) is 23.8 Å². The van der Waals surface area contributed by atoms with Crippen molar-refractivity contribution < 1.29 is 27.4 Å². The second kappa shape index (κ2) is 10.0. The van der Waals surface area contributed by atoms with Gasteiger partial charge in [-0.2, -0.15) is 13.2 Å². The van der Waals surface area contributed by atoms with Gasteiger partial charge >= 0.3 is 12.2 Å². The Balaban J connectivity index is 1.81. The van der Waals surface area contributed by atoms with E-state index in [0.29, 0.717) is 32.1 Å². The zero-order valence-corrected chi connectivity index (χ0v) is 17.5. The maximum Gasteiger partial charge on any atom is 0.416 e. The number of urea groups is 1. The molecular weight excluding hydrogens is 411 g/mol. The number of nitrogens with zero attached hydrogens (tertiary/aromatic N) is 1. The first-order chi connectivity index (χ1) is 14.8. The maximum absolute atomic E-state index is 13.7. The number of alkyl halides is 3. The van der Waals surface area contributed by atoms with Crippen molar-refractivity contribution in [3.63, 3.8) is 0 Å². The Morgan fingerprint density at radius 2 is 1.90 bits per heavy atom. The van der Waals surface area contributed by atoms with Crippen LogP contribution in [0.15, 0.2) is 42.5 Å². The van der Waals surface area contributed by atoms with Gasteiger partial charge in [0.2, 0.25) is 0 Å². The molecular formula is C22H26F3N3O3. The molecule has 0 aromatic heterocycles. The number of benzene rings is 2. The van der Waals surface area contributed by atoms with Crippen LogP contribution < -0.4 is 15.4 Å². The quantitative estimate of drug-likeness (QED) is 0.702. The molecule has 0 spiro atoms. The smallest absolute Gasteiger partial charge is 0.416 e. The third-order valence-corrected chi connectivity index (χ3v) is 5.20. The Morgan fingerprint density at radius 3 is 2.58 bits per heavy atom. The zero-order valence-electron chi connectivity index (χ0n) is 17.5. The van der Waals surface area contributed by atoms with E-state index in [0.717, 1.165) is 11.6 Å². The molecule has 3 rings (SSSR count). The fourth-order valence-electron chi connectivity index (χ4n) is 3.40. The van der Waals surface area contributed by atoms with Crippen LogP contribution in [0.2, 0.25) is 0 Å². The fourth-order valence-corrected chi connectivity index (χ4v) is 3.40. The number of hydrogen-bond donors (Lipinski definition) is 2. The molecule has 2 amide bonds. The molecule has 1 saturated heterocycles. The average molecular weight is 437 g/mol. The van der Waals surface area contributed by atoms with Crippen LogP contribution in [0.1, 0.15) is 29.7 Å². The third kappa shape index (κ3) is 5.89. The van der Waals surface area contributed by atoms with Gasteiger partial charge in [-0.15, -0.1) is 0 Å². The summed E-state index contributed by atoms with van der Waals surface area (Å²) >= 11 is 0. The normalized spacial score (nSPS) is 15.5. The number of ether oxygens (including phenoxy) is 2. The number of hydrogen-bond acceptors (Lipinski definition) is 4. The van der Waals surface area contributed by atoms with Crippen LogP contribution in [0.5, 0.6) is 5.75 Å². The molecule has 6 nitrogen and oxygen atoms in total. The van der Waals surface area contributed by atoms with E-state index < -0.39 is 17.8 Å². The highest BCUT2D eigenvalue weighted by Gasteiger charge is 2.34. The lowest BCUT2D eigenvalue weighted by atomic mass is 10.0. The predicted molar refractivity (Wildman–Crippen MR) is 111 cm³/mol. The molecule has 0 aliphatic carbocycles. The molecule has 168 valence electrons. The molecule has 1 atom stereocenters. The van der Waals surface area contributed by atoms with Crippen LogP contribution in [-0.2, 0) is 17.5 Å². The number of methoxy groups -OCH3 is 1. The number of anilines is 1. The van der Waals surface area contributed by atoms with Gasteiger partial charge < -0.3 is 25.0 Å². The van der Waals surface area contributed by atoms with Gasteiger partial charge in [0.1, 0.15) is 5.75 Å². The van der Waals surface area contributed by atoms with Crippen molar-refractivity contribution in [2.24, 2.45) is 0 Å². The molecule has 31 heavy (non-hydrogen) atoms. The molecule has 9 heteroatoms. The summed E-state index contributed by atoms with van der Waals surface area (Å²) in [5.41, 5.74) is 0.225. The summed E-state index contributed by atoms with van der Waals surface area (Å²) in [6.45, 7) is 3.38. The van der Waals surface area contributed by atoms with Crippen LogP contribution >= 0.6 is 0 Å². The molecule has 1 fully saturated rings. The second-order valence-corrected chi connectivity index (χ2v) is 7.24. The maximum atomic E-state index is 13.7. The zero-order chi connectivity index (χ0) is 22.4. The minimum atomic E-state index is -4.55. The number of rotatable bonds is 6. The summed E-state index contributed by atoms with van der Waals surface area (Å²) < 4.78 is 51.5. The summed E-state index contributed by atoms with van der Waals surface area (Å²) in [7, 11) is 1.56. The van der Waals surface area contributed by atoms with E-state index in [1.54, 1.807) is 13.2 Å². The topological polar surface area (TPSA) is 62.8 Å². The first-order valence-corrected chi connectivity index (χ1v) is 9.99. The molecule has 0 saturated carbocycles. The van der Waals surface area contributed by atoms with Gasteiger partial charge in [0.15, 0.2) is 0 Å². The van der Waals surface area contributed by atoms with Crippen LogP contribution in [-0.4, -0.2) is 44.3 Å². The number of morpholine rings is 1. The Labute approximate surface area is 179 Å². The van der Waals surface area contributed by atoms with Crippen molar-refractivity contribution in [2.75, 3.05) is 38.7 Å². The van der Waals surface area contributed by atoms with Crippen molar-refractivity contribution in [1.29, 1.82) is 0 Å². The average Bonchev–Trinajstić information content (AvgIpc) is 2.77. The van der Waals surface area contributed by atoms with E-state index in [4.69, 9.17) is 9.47 Å². The number of halogens is 3. The monoisotopic (exact) mass is 437 g/mol. The van der Waals surface area contributed by atoms with Crippen molar-refractivity contribution in [2.45, 2.75) is 25.7 Å². The fraction of sp³-hybridized carbons (Fsp3) is 0.409. The van der Waals surface area contributed by atoms with Gasteiger partial charge in [-0.3, -0.25) is 0 Å². The molecule has 1 aliphatic rings. The molecule has 1 heterocycles. The first-order valence-electron chi connectivity index (χ1n) is 9.99. The molecule has 2 aromatic rings. The predicted octanol–water partition coefficient (Wildman–Crippen LogP) is 4.43. The van der Waals surface area contributed by atoms with Crippen LogP contribution in [0, 0.1) is 0 Å². The van der Waals surface area contributed by atoms with E-state index in [9.17, 15) is 18.0 Å². The van der Waals surface area contributed by atoms with Gasteiger partial charge in [-0.1, -0.05) is 18.2 Å². The minimum Gasteiger partial charge on any atom is -0.497 e. The van der Waals surface area contributed by atoms with Gasteiger partial charge in [0.25, 0.3) is 0 Å². The Kier molecular flexibility index (Phi) is 7.40. The van der Waals surface area contributed by atoms with Gasteiger partial charge in [-0.25, -0.2) is 4.79 Å². The number of carbonyl (C=O) groups excluding carboxylic acids is 1. The highest BCUT2D eigenvalue weighted by atomic mass is 19.4. The van der Waals surface area contributed by atoms with Crippen molar-refractivity contribution >= 4 is 11.7 Å². The van der Waals surface area contributed by atoms with Crippen molar-refractivity contribution in [3.05, 3.63) is 59.2 Å². The minimum absolute atomic E-state index is 0.00800. The largest absolute Gasteiger partial charge is 0.497 e. The van der Waals surface area contributed by atoms with Crippen LogP contribution in [0.4, 0.5) is 23.7 Å². The second-order valence-electron chi connectivity index (χ2n) is 7.24. The van der Waals surface area contributed by atoms with Gasteiger partial charge in [0.05, 0.1) is 25.9 Å². The van der Waals surface area contributed by atoms with E-state index >= 15 is 0 Å². The Hall–Kier alpha value is -2.78. The standard InChI is InChI=1S/C22H26F3N3O3/c1-15(16-5-3-6-17(13-16)30-2)26-14-18-19(22(23,24)25)7-4-8-20(18)27-21(29)28-9-11-31-12-10-28/h3-8,13,15,26H,9-12,14H2,1-2H3,(H,27,29)/t15-/m1/s1. The van der Waals surface area contributed by atoms with Crippen LogP contribution in [0.3, 0.4) is 0 Å². The molecule has 0 radical (unpaired) electrons. The molecule has 1 aliphatic heterocycles. The lowest BCUT2D eigenvalue weighted by molar-refractivity contribution is -0.138. The van der Waals surface area contributed by atoms with E-state index in [2.05, 4.69) is 10.6 Å². The highest BCUT2D eigenvalue weighted by molar-refractivity contribution is 5.90. The number of nitrogens with one attached hydrogen (secondary N) is 2. The summed E-state index contributed by atoms with van der Waals surface area (Å²) in [5, 5.41) is 5.78. The summed E-state index contributed by atoms with van der Waals surface area (Å²) in [5.74, 6) is 0.667. The summed E-state index contributed by atoms with van der Waals surface area (Å²) in [4.78, 5) is 14.1. The lowest BCUT2D eigenvalue weighted by Crippen LogP contribution is -2.43. The van der Waals surface area contributed by atoms with Crippen LogP contribution in [0.25, 0.3) is 0 Å². The lowest BCUT2D eigenvalue weighted by Gasteiger charge is -2.28. The Bertz CT molecular complexity index is 899. The number of amides is 2. The third-order valence-electron chi connectivity index (χ3n) is 5.20.